The van der Waals surface area contributed by atoms with Gasteiger partial charge in [-0.1, -0.05) is 6.07 Å². The van der Waals surface area contributed by atoms with E-state index in [2.05, 4.69) is 25.8 Å². The summed E-state index contributed by atoms with van der Waals surface area (Å²) in [5.74, 6) is 1.58. The number of aryl methyl sites for hydroxylation is 1. The molecule has 3 N–H and O–H groups in total. The fourth-order valence-corrected chi connectivity index (χ4v) is 2.85. The number of piperazine rings is 1. The molecule has 1 fully saturated rings. The summed E-state index contributed by atoms with van der Waals surface area (Å²) >= 11 is 0. The number of carbonyl (C=O) groups excluding carboxylic acids is 1. The second-order valence-corrected chi connectivity index (χ2v) is 6.15. The lowest BCUT2D eigenvalue weighted by Gasteiger charge is -2.28. The van der Waals surface area contributed by atoms with Crippen LogP contribution in [0.5, 0.6) is 5.75 Å². The standard InChI is InChI=1S/C19H25N5O2/c1-3-26-17-6-4-14(2)12-16(17)23-19(25)22-15-5-7-18(21-13-15)24-10-8-20-9-11-24/h4-7,12-13,20H,3,8-11H2,1-2H3,(H2,22,23,25). The number of nitrogens with zero attached hydrogens (tertiary/aromatic N) is 2. The Balaban J connectivity index is 1.62. The van der Waals surface area contributed by atoms with Gasteiger partial charge in [-0.3, -0.25) is 0 Å². The average molecular weight is 355 g/mol. The first-order valence-corrected chi connectivity index (χ1v) is 8.89. The summed E-state index contributed by atoms with van der Waals surface area (Å²) in [7, 11) is 0. The predicted octanol–water partition coefficient (Wildman–Crippen LogP) is 2.84. The molecule has 1 aromatic heterocycles. The van der Waals surface area contributed by atoms with Gasteiger partial charge in [0.2, 0.25) is 0 Å². The highest BCUT2D eigenvalue weighted by molar-refractivity contribution is 6.00. The number of nitrogens with one attached hydrogen (secondary N) is 3. The summed E-state index contributed by atoms with van der Waals surface area (Å²) in [4.78, 5) is 19.0. The van der Waals surface area contributed by atoms with E-state index in [4.69, 9.17) is 4.74 Å². The van der Waals surface area contributed by atoms with Crippen molar-refractivity contribution in [3.05, 3.63) is 42.1 Å². The molecule has 7 heteroatoms. The van der Waals surface area contributed by atoms with Crippen LogP contribution < -0.4 is 25.6 Å². The molecule has 0 unspecified atom stereocenters. The number of carbonyl (C=O) groups is 1. The third-order valence-electron chi connectivity index (χ3n) is 4.13. The summed E-state index contributed by atoms with van der Waals surface area (Å²) < 4.78 is 5.56. The summed E-state index contributed by atoms with van der Waals surface area (Å²) in [6.45, 7) is 8.22. The van der Waals surface area contributed by atoms with Crippen molar-refractivity contribution in [2.45, 2.75) is 13.8 Å². The van der Waals surface area contributed by atoms with Crippen LogP contribution in [0.3, 0.4) is 0 Å². The Kier molecular flexibility index (Phi) is 5.91. The molecule has 0 spiro atoms. The van der Waals surface area contributed by atoms with E-state index in [0.29, 0.717) is 23.7 Å². The van der Waals surface area contributed by atoms with Crippen LogP contribution in [-0.2, 0) is 0 Å². The van der Waals surface area contributed by atoms with Gasteiger partial charge < -0.3 is 25.6 Å². The number of urea groups is 1. The maximum atomic E-state index is 12.3. The first kappa shape index (κ1) is 18.0. The second kappa shape index (κ2) is 8.53. The summed E-state index contributed by atoms with van der Waals surface area (Å²) in [5, 5.41) is 8.97. The fourth-order valence-electron chi connectivity index (χ4n) is 2.85. The van der Waals surface area contributed by atoms with Gasteiger partial charge in [0.05, 0.1) is 24.2 Å². The Bertz CT molecular complexity index is 742. The highest BCUT2D eigenvalue weighted by Crippen LogP contribution is 2.26. The molecule has 138 valence electrons. The van der Waals surface area contributed by atoms with Crippen LogP contribution >= 0.6 is 0 Å². The maximum Gasteiger partial charge on any atom is 0.323 e. The van der Waals surface area contributed by atoms with E-state index in [9.17, 15) is 4.79 Å². The number of hydrogen-bond acceptors (Lipinski definition) is 5. The molecule has 3 rings (SSSR count). The van der Waals surface area contributed by atoms with Crippen molar-refractivity contribution in [1.29, 1.82) is 0 Å². The third kappa shape index (κ3) is 4.64. The molecule has 1 aliphatic heterocycles. The van der Waals surface area contributed by atoms with Gasteiger partial charge in [0.25, 0.3) is 0 Å². The lowest BCUT2D eigenvalue weighted by Crippen LogP contribution is -2.43. The largest absolute Gasteiger partial charge is 0.492 e. The summed E-state index contributed by atoms with van der Waals surface area (Å²) in [6, 6.07) is 9.16. The zero-order valence-electron chi connectivity index (χ0n) is 15.2. The minimum Gasteiger partial charge on any atom is -0.492 e. The lowest BCUT2D eigenvalue weighted by molar-refractivity contribution is 0.262. The molecule has 0 aliphatic carbocycles. The number of aromatic nitrogens is 1. The third-order valence-corrected chi connectivity index (χ3v) is 4.13. The normalized spacial score (nSPS) is 14.0. The van der Waals surface area contributed by atoms with Crippen LogP contribution in [0.15, 0.2) is 36.5 Å². The van der Waals surface area contributed by atoms with Gasteiger partial charge in [-0.2, -0.15) is 0 Å². The maximum absolute atomic E-state index is 12.3. The van der Waals surface area contributed by atoms with Crippen molar-refractivity contribution in [3.8, 4) is 5.75 Å². The molecule has 0 saturated carbocycles. The van der Waals surface area contributed by atoms with Gasteiger partial charge in [0.15, 0.2) is 0 Å². The molecule has 2 aromatic rings. The van der Waals surface area contributed by atoms with Gasteiger partial charge >= 0.3 is 6.03 Å². The first-order valence-electron chi connectivity index (χ1n) is 8.89. The molecule has 7 nitrogen and oxygen atoms in total. The van der Waals surface area contributed by atoms with Crippen molar-refractivity contribution in [3.63, 3.8) is 0 Å². The number of benzene rings is 1. The van der Waals surface area contributed by atoms with Crippen LogP contribution in [0.1, 0.15) is 12.5 Å². The van der Waals surface area contributed by atoms with Gasteiger partial charge in [-0.25, -0.2) is 9.78 Å². The van der Waals surface area contributed by atoms with Gasteiger partial charge in [-0.15, -0.1) is 0 Å². The van der Waals surface area contributed by atoms with Crippen molar-refractivity contribution in [2.75, 3.05) is 48.3 Å². The van der Waals surface area contributed by atoms with E-state index in [-0.39, 0.29) is 6.03 Å². The monoisotopic (exact) mass is 355 g/mol. The Morgan fingerprint density at radius 1 is 1.23 bits per heavy atom. The Morgan fingerprint density at radius 2 is 2.04 bits per heavy atom. The zero-order valence-corrected chi connectivity index (χ0v) is 15.2. The Labute approximate surface area is 153 Å². The van der Waals surface area contributed by atoms with Gasteiger partial charge in [-0.05, 0) is 43.7 Å². The molecule has 0 radical (unpaired) electrons. The molecule has 1 aliphatic rings. The van der Waals surface area contributed by atoms with E-state index in [1.807, 2.05) is 44.2 Å². The highest BCUT2D eigenvalue weighted by Gasteiger charge is 2.12. The van der Waals surface area contributed by atoms with Crippen LogP contribution in [0, 0.1) is 6.92 Å². The van der Waals surface area contributed by atoms with Crippen LogP contribution in [-0.4, -0.2) is 43.8 Å². The summed E-state index contributed by atoms with van der Waals surface area (Å²) in [5.41, 5.74) is 2.34. The van der Waals surface area contributed by atoms with Crippen LogP contribution in [0.2, 0.25) is 0 Å². The Hall–Kier alpha value is -2.80. The van der Waals surface area contributed by atoms with Gasteiger partial charge in [0, 0.05) is 26.2 Å². The van der Waals surface area contributed by atoms with Crippen molar-refractivity contribution in [1.82, 2.24) is 10.3 Å². The number of anilines is 3. The SMILES string of the molecule is CCOc1ccc(C)cc1NC(=O)Nc1ccc(N2CCNCC2)nc1. The zero-order chi connectivity index (χ0) is 18.4. The average Bonchev–Trinajstić information content (AvgIpc) is 2.65. The highest BCUT2D eigenvalue weighted by atomic mass is 16.5. The topological polar surface area (TPSA) is 78.5 Å². The number of pyridine rings is 1. The molecule has 1 saturated heterocycles. The molecule has 1 aromatic carbocycles. The number of amides is 2. The molecular formula is C19H25N5O2. The lowest BCUT2D eigenvalue weighted by atomic mass is 10.2. The number of rotatable bonds is 5. The Morgan fingerprint density at radius 3 is 2.73 bits per heavy atom. The molecular weight excluding hydrogens is 330 g/mol. The van der Waals surface area contributed by atoms with Crippen molar-refractivity contribution < 1.29 is 9.53 Å². The van der Waals surface area contributed by atoms with Crippen molar-refractivity contribution in [2.24, 2.45) is 0 Å². The van der Waals surface area contributed by atoms with E-state index in [0.717, 1.165) is 37.6 Å². The van der Waals surface area contributed by atoms with E-state index >= 15 is 0 Å². The molecule has 0 atom stereocenters. The minimum absolute atomic E-state index is 0.326. The summed E-state index contributed by atoms with van der Waals surface area (Å²) in [6.07, 6.45) is 1.68. The second-order valence-electron chi connectivity index (χ2n) is 6.15. The first-order chi connectivity index (χ1) is 12.7. The molecule has 2 heterocycles. The molecule has 26 heavy (non-hydrogen) atoms. The van der Waals surface area contributed by atoms with Crippen molar-refractivity contribution >= 4 is 23.2 Å². The molecule has 2 amide bonds. The van der Waals surface area contributed by atoms with Crippen LogP contribution in [0.4, 0.5) is 22.0 Å². The predicted molar refractivity (Wildman–Crippen MR) is 104 cm³/mol. The minimum atomic E-state index is -0.326. The number of ether oxygens (including phenoxy) is 1. The molecule has 0 bridgehead atoms. The van der Waals surface area contributed by atoms with E-state index < -0.39 is 0 Å². The van der Waals surface area contributed by atoms with Crippen LogP contribution in [0.25, 0.3) is 0 Å². The van der Waals surface area contributed by atoms with E-state index in [1.54, 1.807) is 6.20 Å². The van der Waals surface area contributed by atoms with E-state index in [1.165, 1.54) is 0 Å². The van der Waals surface area contributed by atoms with Gasteiger partial charge in [0.1, 0.15) is 11.6 Å². The fraction of sp³-hybridized carbons (Fsp3) is 0.368. The smallest absolute Gasteiger partial charge is 0.323 e. The number of hydrogen-bond donors (Lipinski definition) is 3. The quantitative estimate of drug-likeness (QED) is 0.769.